The zero-order valence-corrected chi connectivity index (χ0v) is 23.3. The Kier molecular flexibility index (Phi) is 7.88. The molecule has 8 nitrogen and oxygen atoms in total. The third-order valence-electron chi connectivity index (χ3n) is 7.87. The van der Waals surface area contributed by atoms with Crippen molar-refractivity contribution in [2.24, 2.45) is 17.3 Å². The third-order valence-corrected chi connectivity index (χ3v) is 10.4. The van der Waals surface area contributed by atoms with Gasteiger partial charge in [0.15, 0.2) is 5.13 Å². The summed E-state index contributed by atoms with van der Waals surface area (Å²) >= 11 is 3.44. The van der Waals surface area contributed by atoms with E-state index in [1.165, 1.54) is 0 Å². The number of thiazole rings is 1. The number of rotatable bonds is 7. The molecule has 4 heterocycles. The maximum atomic E-state index is 13.6. The molecule has 37 heavy (non-hydrogen) atoms. The van der Waals surface area contributed by atoms with Crippen LogP contribution in [0, 0.1) is 17.3 Å². The first-order valence-electron chi connectivity index (χ1n) is 12.9. The van der Waals surface area contributed by atoms with Crippen molar-refractivity contribution >= 4 is 45.9 Å². The van der Waals surface area contributed by atoms with Gasteiger partial charge in [0.2, 0.25) is 11.8 Å². The van der Waals surface area contributed by atoms with Crippen LogP contribution in [-0.4, -0.2) is 76.2 Å². The fourth-order valence-electron chi connectivity index (χ4n) is 5.85. The van der Waals surface area contributed by atoms with Crippen molar-refractivity contribution in [1.82, 2.24) is 19.8 Å². The van der Waals surface area contributed by atoms with E-state index in [0.29, 0.717) is 11.2 Å². The van der Waals surface area contributed by atoms with E-state index in [-0.39, 0.29) is 29.3 Å². The second kappa shape index (κ2) is 11.1. The van der Waals surface area contributed by atoms with Crippen molar-refractivity contribution in [1.29, 1.82) is 0 Å². The normalized spacial score (nSPS) is 27.0. The van der Waals surface area contributed by atoms with Gasteiger partial charge in [0.05, 0.1) is 22.4 Å². The van der Waals surface area contributed by atoms with E-state index < -0.39 is 0 Å². The minimum absolute atomic E-state index is 0.0601. The number of nitrogens with zero attached hydrogens (tertiary/aromatic N) is 4. The highest BCUT2D eigenvalue weighted by Crippen LogP contribution is 2.46. The molecule has 198 valence electrons. The van der Waals surface area contributed by atoms with Crippen LogP contribution in [0.5, 0.6) is 0 Å². The van der Waals surface area contributed by atoms with E-state index in [9.17, 15) is 9.59 Å². The Balaban J connectivity index is 1.19. The van der Waals surface area contributed by atoms with Crippen LogP contribution in [0.4, 0.5) is 10.9 Å². The van der Waals surface area contributed by atoms with E-state index in [1.807, 2.05) is 52.9 Å². The van der Waals surface area contributed by atoms with Gasteiger partial charge in [-0.15, -0.1) is 11.8 Å². The van der Waals surface area contributed by atoms with Crippen molar-refractivity contribution in [3.05, 3.63) is 42.7 Å². The number of ether oxygens (including phenoxy) is 1. The van der Waals surface area contributed by atoms with Crippen molar-refractivity contribution in [3.8, 4) is 0 Å². The van der Waals surface area contributed by atoms with Crippen molar-refractivity contribution in [2.45, 2.75) is 48.7 Å². The zero-order chi connectivity index (χ0) is 26.0. The number of nitrogens with one attached hydrogen (secondary N) is 1. The van der Waals surface area contributed by atoms with Gasteiger partial charge in [0, 0.05) is 50.2 Å². The number of anilines is 2. The molecule has 10 heteroatoms. The summed E-state index contributed by atoms with van der Waals surface area (Å²) in [5, 5.41) is 4.40. The number of hydrogen-bond donors (Lipinski definition) is 1. The summed E-state index contributed by atoms with van der Waals surface area (Å²) in [5.74, 6) is 1.34. The molecule has 2 amide bonds. The summed E-state index contributed by atoms with van der Waals surface area (Å²) in [5.41, 5.74) is 0.0607. The highest BCUT2D eigenvalue weighted by atomic mass is 32.2. The smallest absolute Gasteiger partial charge is 0.246 e. The molecule has 0 radical (unpaired) electrons. The second-order valence-corrected chi connectivity index (χ2v) is 13.1. The molecule has 3 aliphatic rings. The number of aromatic nitrogens is 2. The zero-order valence-electron chi connectivity index (χ0n) is 21.6. The monoisotopic (exact) mass is 541 g/mol. The predicted octanol–water partition coefficient (Wildman–Crippen LogP) is 4.44. The maximum absolute atomic E-state index is 13.6. The SMILES string of the molecule is C/C=C\C(=O)N1CCC2(C1)CN(C(=O)C1CC(Sc3cnc(Nc4ccccn4)s3)C(C)CC1OC)C2. The number of pyridine rings is 1. The first-order valence-corrected chi connectivity index (χ1v) is 14.6. The van der Waals surface area contributed by atoms with Gasteiger partial charge in [-0.05, 0) is 50.3 Å². The van der Waals surface area contributed by atoms with Gasteiger partial charge in [-0.2, -0.15) is 0 Å². The third kappa shape index (κ3) is 5.71. The Labute approximate surface area is 226 Å². The first-order chi connectivity index (χ1) is 17.9. The molecule has 0 bridgehead atoms. The average Bonchev–Trinajstić information content (AvgIpc) is 3.52. The summed E-state index contributed by atoms with van der Waals surface area (Å²) in [7, 11) is 1.73. The number of carbonyl (C=O) groups is 2. The quantitative estimate of drug-likeness (QED) is 0.519. The molecule has 4 atom stereocenters. The molecular weight excluding hydrogens is 506 g/mol. The van der Waals surface area contributed by atoms with E-state index in [0.717, 1.165) is 60.6 Å². The predicted molar refractivity (Wildman–Crippen MR) is 147 cm³/mol. The van der Waals surface area contributed by atoms with Crippen LogP contribution in [0.2, 0.25) is 0 Å². The Morgan fingerprint density at radius 2 is 2.03 bits per heavy atom. The molecule has 5 rings (SSSR count). The van der Waals surface area contributed by atoms with Crippen molar-refractivity contribution in [2.75, 3.05) is 38.6 Å². The largest absolute Gasteiger partial charge is 0.381 e. The summed E-state index contributed by atoms with van der Waals surface area (Å²) in [4.78, 5) is 38.6. The number of carbonyl (C=O) groups excluding carboxylic acids is 2. The second-order valence-electron chi connectivity index (χ2n) is 10.5. The summed E-state index contributed by atoms with van der Waals surface area (Å²) in [6, 6.07) is 5.75. The standard InChI is InChI=1S/C27H35N5O3S2/c1-4-7-23(33)31-11-9-27(15-31)16-32(17-27)25(34)19-13-21(18(2)12-20(19)35-3)36-24-14-29-26(37-24)30-22-8-5-6-10-28-22/h4-8,10,14,18-21H,9,11-13,15-17H2,1-3H3,(H,28,29,30)/b7-4-. The van der Waals surface area contributed by atoms with E-state index >= 15 is 0 Å². The van der Waals surface area contributed by atoms with Crippen LogP contribution in [0.1, 0.15) is 33.1 Å². The molecule has 2 aromatic heterocycles. The van der Waals surface area contributed by atoms with Gasteiger partial charge >= 0.3 is 0 Å². The minimum Gasteiger partial charge on any atom is -0.381 e. The lowest BCUT2D eigenvalue weighted by atomic mass is 9.75. The lowest BCUT2D eigenvalue weighted by molar-refractivity contribution is -0.154. The number of allylic oxidation sites excluding steroid dienone is 1. The van der Waals surface area contributed by atoms with Gasteiger partial charge in [0.1, 0.15) is 5.82 Å². The molecule has 1 N–H and O–H groups in total. The number of hydrogen-bond acceptors (Lipinski definition) is 8. The Morgan fingerprint density at radius 3 is 2.76 bits per heavy atom. The lowest BCUT2D eigenvalue weighted by Gasteiger charge is -2.50. The van der Waals surface area contributed by atoms with Crippen molar-refractivity contribution in [3.63, 3.8) is 0 Å². The van der Waals surface area contributed by atoms with Crippen LogP contribution in [0.25, 0.3) is 0 Å². The summed E-state index contributed by atoms with van der Waals surface area (Å²) < 4.78 is 6.97. The molecule has 1 aliphatic carbocycles. The Bertz CT molecular complexity index is 1130. The first kappa shape index (κ1) is 26.2. The Morgan fingerprint density at radius 1 is 1.22 bits per heavy atom. The number of likely N-dealkylation sites (tertiary alicyclic amines) is 2. The van der Waals surface area contributed by atoms with Gasteiger partial charge < -0.3 is 19.9 Å². The maximum Gasteiger partial charge on any atom is 0.246 e. The topological polar surface area (TPSA) is 87.7 Å². The summed E-state index contributed by atoms with van der Waals surface area (Å²) in [6.07, 6.45) is 9.65. The van der Waals surface area contributed by atoms with Gasteiger partial charge in [-0.25, -0.2) is 9.97 Å². The molecule has 2 aliphatic heterocycles. The van der Waals surface area contributed by atoms with Crippen LogP contribution < -0.4 is 5.32 Å². The van der Waals surface area contributed by atoms with Crippen molar-refractivity contribution < 1.29 is 14.3 Å². The molecular formula is C27H35N5O3S2. The van der Waals surface area contributed by atoms with Gasteiger partial charge in [0.25, 0.3) is 0 Å². The molecule has 3 fully saturated rings. The average molecular weight is 542 g/mol. The van der Waals surface area contributed by atoms with Crippen LogP contribution >= 0.6 is 23.1 Å². The van der Waals surface area contributed by atoms with E-state index in [2.05, 4.69) is 22.2 Å². The Hall–Kier alpha value is -2.43. The number of thioether (sulfide) groups is 1. The molecule has 2 saturated heterocycles. The molecule has 1 spiro atoms. The van der Waals surface area contributed by atoms with E-state index in [4.69, 9.17) is 4.74 Å². The fraction of sp³-hybridized carbons (Fsp3) is 0.556. The molecule has 4 unspecified atom stereocenters. The van der Waals surface area contributed by atoms with Gasteiger partial charge in [-0.3, -0.25) is 9.59 Å². The minimum atomic E-state index is -0.141. The lowest BCUT2D eigenvalue weighted by Crippen LogP contribution is -2.62. The van der Waals surface area contributed by atoms with Crippen LogP contribution in [0.15, 0.2) is 47.0 Å². The number of methoxy groups -OCH3 is 1. The molecule has 0 aromatic carbocycles. The van der Waals surface area contributed by atoms with E-state index in [1.54, 1.807) is 36.8 Å². The molecule has 2 aromatic rings. The highest BCUT2D eigenvalue weighted by Gasteiger charge is 2.52. The number of amides is 2. The van der Waals surface area contributed by atoms with Crippen LogP contribution in [0.3, 0.4) is 0 Å². The highest BCUT2D eigenvalue weighted by molar-refractivity contribution is 8.01. The van der Waals surface area contributed by atoms with Gasteiger partial charge in [-0.1, -0.05) is 30.4 Å². The van der Waals surface area contributed by atoms with Crippen LogP contribution in [-0.2, 0) is 14.3 Å². The fourth-order valence-corrected chi connectivity index (χ4v) is 8.27. The summed E-state index contributed by atoms with van der Waals surface area (Å²) in [6.45, 7) is 7.12. The molecule has 1 saturated carbocycles.